The lowest BCUT2D eigenvalue weighted by Gasteiger charge is -2.14. The minimum Gasteiger partial charge on any atom is -0.497 e. The molecule has 0 aliphatic heterocycles. The molecule has 1 fully saturated rings. The Morgan fingerprint density at radius 1 is 1.33 bits per heavy atom. The molecular formula is C17H18N2O5. The minimum atomic E-state index is -1.22. The van der Waals surface area contributed by atoms with E-state index >= 15 is 0 Å². The highest BCUT2D eigenvalue weighted by Gasteiger charge is 2.33. The summed E-state index contributed by atoms with van der Waals surface area (Å²) < 4.78 is 10.1. The molecule has 1 atom stereocenters. The number of benzene rings is 1. The standard InChI is InChI=1S/C17H18N2O5/c1-9(18-16(20)11-3-4-11)13-14(19-24-15(13)17(21)22)10-5-7-12(23-2)8-6-10/h5-9,11H,3-4H2,1-2H3,(H,18,20)(H,21,22). The summed E-state index contributed by atoms with van der Waals surface area (Å²) in [5, 5.41) is 16.1. The second kappa shape index (κ2) is 6.35. The van der Waals surface area contributed by atoms with Crippen molar-refractivity contribution in [1.29, 1.82) is 0 Å². The second-order valence-electron chi connectivity index (χ2n) is 5.81. The molecule has 7 heteroatoms. The number of nitrogens with one attached hydrogen (secondary N) is 1. The number of aromatic nitrogens is 1. The van der Waals surface area contributed by atoms with Crippen LogP contribution in [0.5, 0.6) is 5.75 Å². The number of carbonyl (C=O) groups excluding carboxylic acids is 1. The number of hydrogen-bond acceptors (Lipinski definition) is 5. The molecule has 1 heterocycles. The van der Waals surface area contributed by atoms with Crippen LogP contribution >= 0.6 is 0 Å². The molecule has 0 radical (unpaired) electrons. The van der Waals surface area contributed by atoms with Crippen molar-refractivity contribution in [1.82, 2.24) is 10.5 Å². The molecule has 0 saturated heterocycles. The van der Waals surface area contributed by atoms with E-state index in [0.717, 1.165) is 12.8 Å². The van der Waals surface area contributed by atoms with Gasteiger partial charge < -0.3 is 19.7 Å². The summed E-state index contributed by atoms with van der Waals surface area (Å²) in [6.45, 7) is 1.73. The first-order chi connectivity index (χ1) is 11.5. The predicted octanol–water partition coefficient (Wildman–Crippen LogP) is 2.64. The molecule has 0 bridgehead atoms. The molecule has 1 amide bonds. The van der Waals surface area contributed by atoms with Crippen LogP contribution in [0.3, 0.4) is 0 Å². The number of rotatable bonds is 6. The Hall–Kier alpha value is -2.83. The Morgan fingerprint density at radius 2 is 2.00 bits per heavy atom. The zero-order valence-electron chi connectivity index (χ0n) is 13.4. The van der Waals surface area contributed by atoms with Gasteiger partial charge in [0.2, 0.25) is 11.7 Å². The summed E-state index contributed by atoms with van der Waals surface area (Å²) in [5.41, 5.74) is 1.45. The fraction of sp³-hybridized carbons (Fsp3) is 0.353. The number of methoxy groups -OCH3 is 1. The molecule has 2 aromatic rings. The summed E-state index contributed by atoms with van der Waals surface area (Å²) in [6.07, 6.45) is 1.75. The summed E-state index contributed by atoms with van der Waals surface area (Å²) in [7, 11) is 1.56. The van der Waals surface area contributed by atoms with E-state index in [1.165, 1.54) is 0 Å². The average molecular weight is 330 g/mol. The Balaban J connectivity index is 1.96. The second-order valence-corrected chi connectivity index (χ2v) is 5.81. The molecule has 7 nitrogen and oxygen atoms in total. The zero-order chi connectivity index (χ0) is 17.3. The van der Waals surface area contributed by atoms with Crippen LogP contribution in [-0.4, -0.2) is 29.2 Å². The van der Waals surface area contributed by atoms with E-state index in [0.29, 0.717) is 22.6 Å². The molecule has 1 aliphatic rings. The van der Waals surface area contributed by atoms with Crippen LogP contribution in [0.1, 0.15) is 41.9 Å². The van der Waals surface area contributed by atoms with E-state index in [9.17, 15) is 14.7 Å². The number of ether oxygens (including phenoxy) is 1. The van der Waals surface area contributed by atoms with Crippen molar-refractivity contribution in [3.8, 4) is 17.0 Å². The van der Waals surface area contributed by atoms with E-state index in [1.54, 1.807) is 38.3 Å². The summed E-state index contributed by atoms with van der Waals surface area (Å²) >= 11 is 0. The maximum absolute atomic E-state index is 12.0. The van der Waals surface area contributed by atoms with Gasteiger partial charge in [-0.25, -0.2) is 4.79 Å². The first-order valence-electron chi connectivity index (χ1n) is 7.69. The van der Waals surface area contributed by atoms with Crippen LogP contribution in [0.2, 0.25) is 0 Å². The first kappa shape index (κ1) is 16.0. The third-order valence-corrected chi connectivity index (χ3v) is 4.03. The van der Waals surface area contributed by atoms with Gasteiger partial charge in [0, 0.05) is 11.5 Å². The topological polar surface area (TPSA) is 102 Å². The fourth-order valence-corrected chi connectivity index (χ4v) is 2.56. The van der Waals surface area contributed by atoms with Crippen molar-refractivity contribution in [2.45, 2.75) is 25.8 Å². The van der Waals surface area contributed by atoms with Gasteiger partial charge in [0.1, 0.15) is 11.4 Å². The molecule has 1 unspecified atom stereocenters. The lowest BCUT2D eigenvalue weighted by atomic mass is 10.00. The number of carbonyl (C=O) groups is 2. The van der Waals surface area contributed by atoms with Crippen LogP contribution in [-0.2, 0) is 4.79 Å². The van der Waals surface area contributed by atoms with Crippen LogP contribution in [0.25, 0.3) is 11.3 Å². The summed E-state index contributed by atoms with van der Waals surface area (Å²) in [4.78, 5) is 23.4. The number of nitrogens with zero attached hydrogens (tertiary/aromatic N) is 1. The van der Waals surface area contributed by atoms with Gasteiger partial charge in [0.05, 0.1) is 18.7 Å². The highest BCUT2D eigenvalue weighted by Crippen LogP contribution is 2.34. The Bertz CT molecular complexity index is 762. The highest BCUT2D eigenvalue weighted by molar-refractivity contribution is 5.89. The molecule has 24 heavy (non-hydrogen) atoms. The van der Waals surface area contributed by atoms with Gasteiger partial charge in [-0.1, -0.05) is 5.16 Å². The van der Waals surface area contributed by atoms with Gasteiger partial charge in [0.15, 0.2) is 0 Å². The van der Waals surface area contributed by atoms with E-state index in [4.69, 9.17) is 9.26 Å². The Kier molecular flexibility index (Phi) is 4.24. The molecular weight excluding hydrogens is 312 g/mol. The molecule has 126 valence electrons. The van der Waals surface area contributed by atoms with Crippen LogP contribution in [0.4, 0.5) is 0 Å². The lowest BCUT2D eigenvalue weighted by molar-refractivity contribution is -0.122. The number of hydrogen-bond donors (Lipinski definition) is 2. The zero-order valence-corrected chi connectivity index (χ0v) is 13.4. The lowest BCUT2D eigenvalue weighted by Crippen LogP contribution is -2.28. The van der Waals surface area contributed by atoms with Gasteiger partial charge in [0.25, 0.3) is 0 Å². The van der Waals surface area contributed by atoms with Crippen LogP contribution in [0, 0.1) is 5.92 Å². The molecule has 1 aromatic carbocycles. The van der Waals surface area contributed by atoms with Crippen LogP contribution in [0.15, 0.2) is 28.8 Å². The van der Waals surface area contributed by atoms with Crippen LogP contribution < -0.4 is 10.1 Å². The van der Waals surface area contributed by atoms with Gasteiger partial charge >= 0.3 is 5.97 Å². The van der Waals surface area contributed by atoms with Crippen molar-refractivity contribution in [2.75, 3.05) is 7.11 Å². The normalized spacial score (nSPS) is 14.9. The number of amides is 1. The number of carboxylic acids is 1. The van der Waals surface area contributed by atoms with Crippen molar-refractivity contribution in [3.63, 3.8) is 0 Å². The third-order valence-electron chi connectivity index (χ3n) is 4.03. The Morgan fingerprint density at radius 3 is 2.54 bits per heavy atom. The molecule has 1 saturated carbocycles. The van der Waals surface area contributed by atoms with E-state index in [1.807, 2.05) is 0 Å². The summed E-state index contributed by atoms with van der Waals surface area (Å²) in [5.74, 6) is -0.836. The first-order valence-corrected chi connectivity index (χ1v) is 7.69. The van der Waals surface area contributed by atoms with Crippen molar-refractivity contribution in [2.24, 2.45) is 5.92 Å². The maximum Gasteiger partial charge on any atom is 0.375 e. The van der Waals surface area contributed by atoms with Gasteiger partial charge in [-0.15, -0.1) is 0 Å². The molecule has 3 rings (SSSR count). The molecule has 1 aliphatic carbocycles. The molecule has 1 aromatic heterocycles. The molecule has 0 spiro atoms. The van der Waals surface area contributed by atoms with Gasteiger partial charge in [-0.2, -0.15) is 0 Å². The highest BCUT2D eigenvalue weighted by atomic mass is 16.5. The third kappa shape index (κ3) is 3.10. The smallest absolute Gasteiger partial charge is 0.375 e. The van der Waals surface area contributed by atoms with Crippen molar-refractivity contribution in [3.05, 3.63) is 35.6 Å². The quantitative estimate of drug-likeness (QED) is 0.844. The van der Waals surface area contributed by atoms with Gasteiger partial charge in [-0.05, 0) is 44.0 Å². The largest absolute Gasteiger partial charge is 0.497 e. The maximum atomic E-state index is 12.0. The molecule has 2 N–H and O–H groups in total. The predicted molar refractivity (Wildman–Crippen MR) is 84.7 cm³/mol. The van der Waals surface area contributed by atoms with Crippen molar-refractivity contribution < 1.29 is 24.0 Å². The van der Waals surface area contributed by atoms with Gasteiger partial charge in [-0.3, -0.25) is 4.79 Å². The monoisotopic (exact) mass is 330 g/mol. The number of aromatic carboxylic acids is 1. The SMILES string of the molecule is COc1ccc(-c2noc(C(=O)O)c2C(C)NC(=O)C2CC2)cc1. The Labute approximate surface area is 138 Å². The number of carboxylic acid groups (broad SMARTS) is 1. The van der Waals surface area contributed by atoms with E-state index in [-0.39, 0.29) is 17.6 Å². The van der Waals surface area contributed by atoms with E-state index in [2.05, 4.69) is 10.5 Å². The van der Waals surface area contributed by atoms with E-state index < -0.39 is 12.0 Å². The summed E-state index contributed by atoms with van der Waals surface area (Å²) in [6, 6.07) is 6.51. The minimum absolute atomic E-state index is 0.0324. The average Bonchev–Trinajstić information content (AvgIpc) is 3.33. The van der Waals surface area contributed by atoms with Crippen molar-refractivity contribution >= 4 is 11.9 Å². The fourth-order valence-electron chi connectivity index (χ4n) is 2.56.